The summed E-state index contributed by atoms with van der Waals surface area (Å²) in [6, 6.07) is 13.3. The van der Waals surface area contributed by atoms with Gasteiger partial charge in [0, 0.05) is 13.0 Å². The lowest BCUT2D eigenvalue weighted by molar-refractivity contribution is -0.129. The normalized spacial score (nSPS) is 17.1. The Morgan fingerprint density at radius 2 is 1.75 bits per heavy atom. The van der Waals surface area contributed by atoms with Gasteiger partial charge < -0.3 is 16.4 Å². The number of carbonyl (C=O) groups is 2. The lowest BCUT2D eigenvalue weighted by Gasteiger charge is -2.23. The van der Waals surface area contributed by atoms with Crippen LogP contribution < -0.4 is 16.4 Å². The van der Waals surface area contributed by atoms with Gasteiger partial charge in [-0.25, -0.2) is 0 Å². The van der Waals surface area contributed by atoms with Crippen LogP contribution in [0.3, 0.4) is 0 Å². The second kappa shape index (κ2) is 9.69. The molecule has 1 aliphatic rings. The summed E-state index contributed by atoms with van der Waals surface area (Å²) in [7, 11) is 0. The third-order valence-corrected chi connectivity index (χ3v) is 5.70. The molecular weight excluding hydrogens is 350 g/mol. The van der Waals surface area contributed by atoms with Crippen LogP contribution in [0.25, 0.3) is 10.8 Å². The van der Waals surface area contributed by atoms with Crippen LogP contribution in [0.15, 0.2) is 42.5 Å². The third-order valence-electron chi connectivity index (χ3n) is 5.70. The Balaban J connectivity index is 1.56. The molecule has 0 bridgehead atoms. The van der Waals surface area contributed by atoms with Gasteiger partial charge >= 0.3 is 0 Å². The summed E-state index contributed by atoms with van der Waals surface area (Å²) in [5.74, 6) is 0.212. The number of benzene rings is 2. The molecule has 150 valence electrons. The summed E-state index contributed by atoms with van der Waals surface area (Å²) in [6.45, 7) is 2.02. The highest BCUT2D eigenvalue weighted by molar-refractivity contribution is 5.88. The molecule has 1 aliphatic carbocycles. The monoisotopic (exact) mass is 381 g/mol. The highest BCUT2D eigenvalue weighted by Crippen LogP contribution is 2.26. The van der Waals surface area contributed by atoms with E-state index in [4.69, 9.17) is 5.73 Å². The Morgan fingerprint density at radius 3 is 2.46 bits per heavy atom. The molecule has 0 spiro atoms. The van der Waals surface area contributed by atoms with Gasteiger partial charge in [-0.15, -0.1) is 0 Å². The van der Waals surface area contributed by atoms with Crippen molar-refractivity contribution in [3.63, 3.8) is 0 Å². The Morgan fingerprint density at radius 1 is 1.04 bits per heavy atom. The number of hydrogen-bond donors (Lipinski definition) is 3. The highest BCUT2D eigenvalue weighted by atomic mass is 16.2. The molecule has 0 aliphatic heterocycles. The van der Waals surface area contributed by atoms with E-state index in [9.17, 15) is 9.59 Å². The average Bonchev–Trinajstić information content (AvgIpc) is 2.72. The standard InChI is InChI=1S/C23H31N3O2/c1-16(25-22(27)13-17-7-3-2-4-8-17)23(28)26-21(15-24)20-12-11-18-9-5-6-10-19(18)14-20/h5-6,9-12,14,16-17,21H,2-4,7-8,13,15,24H2,1H3,(H,25,27)(H,26,28). The molecule has 2 unspecified atom stereocenters. The quantitative estimate of drug-likeness (QED) is 0.687. The lowest BCUT2D eigenvalue weighted by atomic mass is 9.87. The fraction of sp³-hybridized carbons (Fsp3) is 0.478. The van der Waals surface area contributed by atoms with Crippen LogP contribution >= 0.6 is 0 Å². The van der Waals surface area contributed by atoms with E-state index < -0.39 is 6.04 Å². The van der Waals surface area contributed by atoms with Crippen LogP contribution in [-0.4, -0.2) is 24.4 Å². The third kappa shape index (κ3) is 5.32. The van der Waals surface area contributed by atoms with E-state index in [1.54, 1.807) is 6.92 Å². The van der Waals surface area contributed by atoms with Crippen molar-refractivity contribution in [1.82, 2.24) is 10.6 Å². The topological polar surface area (TPSA) is 84.2 Å². The van der Waals surface area contributed by atoms with Crippen LogP contribution in [0.2, 0.25) is 0 Å². The predicted octanol–water partition coefficient (Wildman–Crippen LogP) is 3.43. The minimum atomic E-state index is -0.578. The molecule has 5 nitrogen and oxygen atoms in total. The summed E-state index contributed by atoms with van der Waals surface area (Å²) >= 11 is 0. The molecule has 28 heavy (non-hydrogen) atoms. The molecule has 0 saturated heterocycles. The molecule has 2 aromatic carbocycles. The molecule has 0 radical (unpaired) electrons. The maximum absolute atomic E-state index is 12.6. The van der Waals surface area contributed by atoms with Crippen molar-refractivity contribution in [1.29, 1.82) is 0 Å². The number of hydrogen-bond acceptors (Lipinski definition) is 3. The largest absolute Gasteiger partial charge is 0.346 e. The van der Waals surface area contributed by atoms with Crippen molar-refractivity contribution in [3.8, 4) is 0 Å². The molecule has 3 rings (SSSR count). The smallest absolute Gasteiger partial charge is 0.242 e. The van der Waals surface area contributed by atoms with E-state index in [1.165, 1.54) is 19.3 Å². The first kappa shape index (κ1) is 20.3. The number of nitrogens with one attached hydrogen (secondary N) is 2. The van der Waals surface area contributed by atoms with Crippen LogP contribution in [0.5, 0.6) is 0 Å². The van der Waals surface area contributed by atoms with Gasteiger partial charge in [-0.05, 0) is 48.1 Å². The Kier molecular flexibility index (Phi) is 7.04. The van der Waals surface area contributed by atoms with Crippen molar-refractivity contribution >= 4 is 22.6 Å². The fourth-order valence-electron chi connectivity index (χ4n) is 4.02. The number of amides is 2. The second-order valence-corrected chi connectivity index (χ2v) is 7.90. The van der Waals surface area contributed by atoms with Crippen molar-refractivity contribution in [2.75, 3.05) is 6.54 Å². The molecule has 0 heterocycles. The minimum Gasteiger partial charge on any atom is -0.346 e. The van der Waals surface area contributed by atoms with Gasteiger partial charge in [0.2, 0.25) is 11.8 Å². The van der Waals surface area contributed by atoms with Crippen molar-refractivity contribution in [2.45, 2.75) is 57.5 Å². The van der Waals surface area contributed by atoms with Crippen LogP contribution in [0.4, 0.5) is 0 Å². The van der Waals surface area contributed by atoms with Gasteiger partial charge in [-0.2, -0.15) is 0 Å². The molecule has 4 N–H and O–H groups in total. The number of nitrogens with two attached hydrogens (primary N) is 1. The van der Waals surface area contributed by atoms with Gasteiger partial charge in [0.25, 0.3) is 0 Å². The zero-order valence-electron chi connectivity index (χ0n) is 16.6. The molecular formula is C23H31N3O2. The number of rotatable bonds is 7. The van der Waals surface area contributed by atoms with E-state index in [-0.39, 0.29) is 17.9 Å². The molecule has 2 atom stereocenters. The first-order valence-electron chi connectivity index (χ1n) is 10.4. The van der Waals surface area contributed by atoms with Gasteiger partial charge in [0.05, 0.1) is 6.04 Å². The zero-order valence-corrected chi connectivity index (χ0v) is 16.6. The zero-order chi connectivity index (χ0) is 19.9. The molecule has 5 heteroatoms. The first-order valence-corrected chi connectivity index (χ1v) is 10.4. The first-order chi connectivity index (χ1) is 13.6. The van der Waals surface area contributed by atoms with Crippen molar-refractivity contribution in [2.24, 2.45) is 11.7 Å². The molecule has 1 saturated carbocycles. The van der Waals surface area contributed by atoms with E-state index in [0.29, 0.717) is 18.9 Å². The summed E-state index contributed by atoms with van der Waals surface area (Å²) in [6.07, 6.45) is 6.43. The van der Waals surface area contributed by atoms with E-state index in [1.807, 2.05) is 30.3 Å². The lowest BCUT2D eigenvalue weighted by Crippen LogP contribution is -2.47. The van der Waals surface area contributed by atoms with Crippen LogP contribution in [0.1, 0.15) is 57.1 Å². The van der Waals surface area contributed by atoms with Crippen LogP contribution in [0, 0.1) is 5.92 Å². The molecule has 2 aromatic rings. The molecule has 1 fully saturated rings. The molecule has 0 aromatic heterocycles. The minimum absolute atomic E-state index is 0.0375. The van der Waals surface area contributed by atoms with Gasteiger partial charge in [-0.1, -0.05) is 55.7 Å². The summed E-state index contributed by atoms with van der Waals surface area (Å²) < 4.78 is 0. The predicted molar refractivity (Wildman–Crippen MR) is 113 cm³/mol. The van der Waals surface area contributed by atoms with E-state index in [2.05, 4.69) is 22.8 Å². The number of fused-ring (bicyclic) bond motifs is 1. The van der Waals surface area contributed by atoms with Gasteiger partial charge in [0.1, 0.15) is 6.04 Å². The van der Waals surface area contributed by atoms with E-state index >= 15 is 0 Å². The highest BCUT2D eigenvalue weighted by Gasteiger charge is 2.22. The van der Waals surface area contributed by atoms with E-state index in [0.717, 1.165) is 29.2 Å². The molecule has 2 amide bonds. The summed E-state index contributed by atoms with van der Waals surface area (Å²) in [4.78, 5) is 24.9. The Hall–Kier alpha value is -2.40. The summed E-state index contributed by atoms with van der Waals surface area (Å²) in [5, 5.41) is 8.09. The van der Waals surface area contributed by atoms with Gasteiger partial charge in [-0.3, -0.25) is 9.59 Å². The average molecular weight is 382 g/mol. The number of carbonyl (C=O) groups excluding carboxylic acids is 2. The van der Waals surface area contributed by atoms with Crippen LogP contribution in [-0.2, 0) is 9.59 Å². The van der Waals surface area contributed by atoms with Crippen molar-refractivity contribution < 1.29 is 9.59 Å². The summed E-state index contributed by atoms with van der Waals surface area (Å²) in [5.41, 5.74) is 6.89. The Bertz CT molecular complexity index is 814. The Labute approximate surface area is 167 Å². The van der Waals surface area contributed by atoms with Crippen molar-refractivity contribution in [3.05, 3.63) is 48.0 Å². The maximum Gasteiger partial charge on any atom is 0.242 e. The van der Waals surface area contributed by atoms with Gasteiger partial charge in [0.15, 0.2) is 0 Å². The fourth-order valence-corrected chi connectivity index (χ4v) is 4.02. The SMILES string of the molecule is CC(NC(=O)CC1CCCCC1)C(=O)NC(CN)c1ccc2ccccc2c1. The second-order valence-electron chi connectivity index (χ2n) is 7.90. The maximum atomic E-state index is 12.6.